The molecule has 0 radical (unpaired) electrons. The largest absolute Gasteiger partial charge is 0.444 e. The fraction of sp³-hybridized carbons (Fsp3) is 0.600. The molecule has 0 aromatic carbocycles. The Bertz CT molecular complexity index is 329. The van der Waals surface area contributed by atoms with E-state index in [0.29, 0.717) is 12.4 Å². The van der Waals surface area contributed by atoms with Gasteiger partial charge in [-0.2, -0.15) is 0 Å². The Kier molecular flexibility index (Phi) is 2.52. The maximum atomic E-state index is 11.4. The molecular weight excluding hydrogens is 180 g/mol. The van der Waals surface area contributed by atoms with E-state index in [-0.39, 0.29) is 11.8 Å². The molecule has 0 atom stereocenters. The fourth-order valence-corrected chi connectivity index (χ4v) is 1.46. The average molecular weight is 194 g/mol. The minimum atomic E-state index is 0.132. The van der Waals surface area contributed by atoms with Crippen LogP contribution in [-0.2, 0) is 11.3 Å². The van der Waals surface area contributed by atoms with Crippen LogP contribution in [0.3, 0.4) is 0 Å². The molecule has 1 aliphatic carbocycles. The first-order chi connectivity index (χ1) is 6.75. The molecule has 4 heteroatoms. The summed E-state index contributed by atoms with van der Waals surface area (Å²) in [6.45, 7) is 2.24. The first-order valence-electron chi connectivity index (χ1n) is 4.95. The van der Waals surface area contributed by atoms with Crippen molar-refractivity contribution in [2.75, 3.05) is 0 Å². The van der Waals surface area contributed by atoms with Gasteiger partial charge < -0.3 is 9.73 Å². The van der Waals surface area contributed by atoms with Crippen molar-refractivity contribution in [2.24, 2.45) is 5.92 Å². The molecule has 0 spiro atoms. The van der Waals surface area contributed by atoms with E-state index in [0.717, 1.165) is 18.6 Å². The zero-order chi connectivity index (χ0) is 9.97. The van der Waals surface area contributed by atoms with Crippen molar-refractivity contribution in [3.63, 3.8) is 0 Å². The summed E-state index contributed by atoms with van der Waals surface area (Å²) >= 11 is 0. The zero-order valence-corrected chi connectivity index (χ0v) is 8.25. The number of carbonyl (C=O) groups excluding carboxylic acids is 1. The molecule has 4 nitrogen and oxygen atoms in total. The topological polar surface area (TPSA) is 55.1 Å². The van der Waals surface area contributed by atoms with Crippen LogP contribution in [0.4, 0.5) is 0 Å². The van der Waals surface area contributed by atoms with E-state index in [1.807, 2.05) is 6.92 Å². The van der Waals surface area contributed by atoms with Gasteiger partial charge in [-0.25, -0.2) is 4.98 Å². The lowest BCUT2D eigenvalue weighted by Gasteiger charge is -2.23. The zero-order valence-electron chi connectivity index (χ0n) is 8.25. The molecule has 1 saturated carbocycles. The maximum Gasteiger partial charge on any atom is 0.223 e. The van der Waals surface area contributed by atoms with E-state index in [4.69, 9.17) is 4.42 Å². The Hall–Kier alpha value is -1.32. The number of rotatable bonds is 3. The number of hydrogen-bond donors (Lipinski definition) is 1. The van der Waals surface area contributed by atoms with E-state index in [9.17, 15) is 4.79 Å². The lowest BCUT2D eigenvalue weighted by atomic mass is 9.85. The second kappa shape index (κ2) is 3.82. The molecule has 1 aliphatic rings. The molecule has 0 unspecified atom stereocenters. The second-order valence-corrected chi connectivity index (χ2v) is 3.71. The smallest absolute Gasteiger partial charge is 0.223 e. The lowest BCUT2D eigenvalue weighted by Crippen LogP contribution is -2.34. The fourth-order valence-electron chi connectivity index (χ4n) is 1.46. The number of carbonyl (C=O) groups is 1. The highest BCUT2D eigenvalue weighted by molar-refractivity contribution is 5.79. The SMILES string of the molecule is Cc1cnc(CNC(=O)C2CCC2)o1. The number of aryl methyl sites for hydroxylation is 1. The van der Waals surface area contributed by atoms with Crippen LogP contribution in [0.1, 0.15) is 30.9 Å². The minimum absolute atomic E-state index is 0.132. The van der Waals surface area contributed by atoms with Crippen LogP contribution in [0.2, 0.25) is 0 Å². The maximum absolute atomic E-state index is 11.4. The lowest BCUT2D eigenvalue weighted by molar-refractivity contribution is -0.127. The van der Waals surface area contributed by atoms with Gasteiger partial charge in [-0.05, 0) is 19.8 Å². The highest BCUT2D eigenvalue weighted by Crippen LogP contribution is 2.26. The van der Waals surface area contributed by atoms with Crippen LogP contribution in [0, 0.1) is 12.8 Å². The van der Waals surface area contributed by atoms with E-state index in [2.05, 4.69) is 10.3 Å². The molecule has 1 aromatic rings. The Morgan fingerprint density at radius 3 is 3.00 bits per heavy atom. The highest BCUT2D eigenvalue weighted by Gasteiger charge is 2.24. The quantitative estimate of drug-likeness (QED) is 0.791. The van der Waals surface area contributed by atoms with Crippen LogP contribution in [-0.4, -0.2) is 10.9 Å². The monoisotopic (exact) mass is 194 g/mol. The third-order valence-corrected chi connectivity index (χ3v) is 2.56. The molecule has 1 aromatic heterocycles. The van der Waals surface area contributed by atoms with E-state index in [1.165, 1.54) is 6.42 Å². The van der Waals surface area contributed by atoms with E-state index >= 15 is 0 Å². The molecule has 0 bridgehead atoms. The first-order valence-corrected chi connectivity index (χ1v) is 4.95. The highest BCUT2D eigenvalue weighted by atomic mass is 16.4. The summed E-state index contributed by atoms with van der Waals surface area (Å²) in [5.41, 5.74) is 0. The van der Waals surface area contributed by atoms with Crippen LogP contribution in [0.5, 0.6) is 0 Å². The van der Waals surface area contributed by atoms with Crippen molar-refractivity contribution < 1.29 is 9.21 Å². The number of hydrogen-bond acceptors (Lipinski definition) is 3. The Morgan fingerprint density at radius 2 is 2.50 bits per heavy atom. The molecule has 14 heavy (non-hydrogen) atoms. The number of nitrogens with zero attached hydrogens (tertiary/aromatic N) is 1. The number of nitrogens with one attached hydrogen (secondary N) is 1. The van der Waals surface area contributed by atoms with Gasteiger partial charge in [0.05, 0.1) is 12.7 Å². The van der Waals surface area contributed by atoms with Crippen LogP contribution in [0.15, 0.2) is 10.6 Å². The van der Waals surface area contributed by atoms with Gasteiger partial charge >= 0.3 is 0 Å². The van der Waals surface area contributed by atoms with Crippen molar-refractivity contribution in [2.45, 2.75) is 32.7 Å². The van der Waals surface area contributed by atoms with Gasteiger partial charge in [0.2, 0.25) is 11.8 Å². The number of amides is 1. The summed E-state index contributed by atoms with van der Waals surface area (Å²) in [7, 11) is 0. The Labute approximate surface area is 82.7 Å². The Balaban J connectivity index is 1.79. The summed E-state index contributed by atoms with van der Waals surface area (Å²) in [6, 6.07) is 0. The van der Waals surface area contributed by atoms with Gasteiger partial charge in [0, 0.05) is 5.92 Å². The van der Waals surface area contributed by atoms with E-state index in [1.54, 1.807) is 6.20 Å². The molecule has 0 saturated heterocycles. The summed E-state index contributed by atoms with van der Waals surface area (Å²) < 4.78 is 5.24. The van der Waals surface area contributed by atoms with Gasteiger partial charge in [0.25, 0.3) is 0 Å². The van der Waals surface area contributed by atoms with Gasteiger partial charge in [-0.1, -0.05) is 6.42 Å². The first kappa shape index (κ1) is 9.24. The molecule has 0 aliphatic heterocycles. The molecular formula is C10H14N2O2. The van der Waals surface area contributed by atoms with Crippen LogP contribution in [0.25, 0.3) is 0 Å². The normalized spacial score (nSPS) is 16.4. The minimum Gasteiger partial charge on any atom is -0.444 e. The van der Waals surface area contributed by atoms with Crippen molar-refractivity contribution >= 4 is 5.91 Å². The van der Waals surface area contributed by atoms with E-state index < -0.39 is 0 Å². The number of aromatic nitrogens is 1. The van der Waals surface area contributed by atoms with Crippen molar-refractivity contribution in [1.82, 2.24) is 10.3 Å². The summed E-state index contributed by atoms with van der Waals surface area (Å²) in [6.07, 6.45) is 4.88. The van der Waals surface area contributed by atoms with Gasteiger partial charge in [0.15, 0.2) is 0 Å². The predicted molar refractivity (Wildman–Crippen MR) is 50.4 cm³/mol. The molecule has 2 rings (SSSR count). The summed E-state index contributed by atoms with van der Waals surface area (Å²) in [4.78, 5) is 15.4. The van der Waals surface area contributed by atoms with Gasteiger partial charge in [-0.3, -0.25) is 4.79 Å². The van der Waals surface area contributed by atoms with Crippen LogP contribution < -0.4 is 5.32 Å². The molecule has 1 fully saturated rings. The van der Waals surface area contributed by atoms with Crippen molar-refractivity contribution in [3.8, 4) is 0 Å². The third kappa shape index (κ3) is 1.95. The standard InChI is InChI=1S/C10H14N2O2/c1-7-5-11-9(14-7)6-12-10(13)8-3-2-4-8/h5,8H,2-4,6H2,1H3,(H,12,13). The summed E-state index contributed by atoms with van der Waals surface area (Å²) in [5.74, 6) is 1.71. The van der Waals surface area contributed by atoms with Crippen molar-refractivity contribution in [3.05, 3.63) is 17.8 Å². The molecule has 1 N–H and O–H groups in total. The molecule has 1 heterocycles. The van der Waals surface area contributed by atoms with Crippen molar-refractivity contribution in [1.29, 1.82) is 0 Å². The Morgan fingerprint density at radius 1 is 1.71 bits per heavy atom. The van der Waals surface area contributed by atoms with Gasteiger partial charge in [0.1, 0.15) is 5.76 Å². The second-order valence-electron chi connectivity index (χ2n) is 3.71. The third-order valence-electron chi connectivity index (χ3n) is 2.56. The van der Waals surface area contributed by atoms with Gasteiger partial charge in [-0.15, -0.1) is 0 Å². The number of oxazole rings is 1. The molecule has 76 valence electrons. The summed E-state index contributed by atoms with van der Waals surface area (Å²) in [5, 5.41) is 2.82. The van der Waals surface area contributed by atoms with Crippen LogP contribution >= 0.6 is 0 Å². The predicted octanol–water partition coefficient (Wildman–Crippen LogP) is 1.40. The average Bonchev–Trinajstić information content (AvgIpc) is 2.45. The molecule has 1 amide bonds.